The van der Waals surface area contributed by atoms with E-state index in [1.54, 1.807) is 0 Å². The first-order valence-corrected chi connectivity index (χ1v) is 9.71. The van der Waals surface area contributed by atoms with E-state index in [4.69, 9.17) is 0 Å². The van der Waals surface area contributed by atoms with Crippen LogP contribution in [-0.4, -0.2) is 0 Å². The molecule has 0 radical (unpaired) electrons. The lowest BCUT2D eigenvalue weighted by Gasteiger charge is -2.15. The molecule has 5 aromatic rings. The Morgan fingerprint density at radius 1 is 0.444 bits per heavy atom. The van der Waals surface area contributed by atoms with Gasteiger partial charge in [0.2, 0.25) is 0 Å². The Kier molecular flexibility index (Phi) is 3.37. The lowest BCUT2D eigenvalue weighted by molar-refractivity contribution is 1.42. The van der Waals surface area contributed by atoms with Crippen LogP contribution in [0.25, 0.3) is 43.1 Å². The molecular formula is C27H24. The number of aryl methyl sites for hydroxylation is 5. The van der Waals surface area contributed by atoms with E-state index in [0.29, 0.717) is 0 Å². The maximum absolute atomic E-state index is 2.41. The first kappa shape index (κ1) is 16.3. The predicted octanol–water partition coefficient (Wildman–Crippen LogP) is 7.84. The SMILES string of the molecule is Cc1cc(C)c2cc3c(cc(C)c4cc5c(C)cccc5cc43)c(C)c2c1. The fraction of sp³-hybridized carbons (Fsp3) is 0.185. The molecule has 0 aliphatic rings. The summed E-state index contributed by atoms with van der Waals surface area (Å²) in [5.41, 5.74) is 6.79. The molecule has 0 unspecified atom stereocenters. The Balaban J connectivity index is 2.05. The average Bonchev–Trinajstić information content (AvgIpc) is 2.63. The van der Waals surface area contributed by atoms with Gasteiger partial charge in [-0.15, -0.1) is 0 Å². The van der Waals surface area contributed by atoms with Crippen LogP contribution in [0.1, 0.15) is 27.8 Å². The Hall–Kier alpha value is -2.86. The van der Waals surface area contributed by atoms with Crippen molar-refractivity contribution in [2.75, 3.05) is 0 Å². The van der Waals surface area contributed by atoms with Gasteiger partial charge in [-0.2, -0.15) is 0 Å². The van der Waals surface area contributed by atoms with Gasteiger partial charge < -0.3 is 0 Å². The number of rotatable bonds is 0. The van der Waals surface area contributed by atoms with Gasteiger partial charge in [0.1, 0.15) is 0 Å². The molecule has 0 fully saturated rings. The number of fused-ring (bicyclic) bond motifs is 5. The van der Waals surface area contributed by atoms with Crippen LogP contribution < -0.4 is 0 Å². The van der Waals surface area contributed by atoms with Crippen molar-refractivity contribution < 1.29 is 0 Å². The Morgan fingerprint density at radius 3 is 1.89 bits per heavy atom. The molecule has 0 aliphatic carbocycles. The quantitative estimate of drug-likeness (QED) is 0.197. The summed E-state index contributed by atoms with van der Waals surface area (Å²) in [5.74, 6) is 0. The zero-order valence-corrected chi connectivity index (χ0v) is 16.7. The molecule has 27 heavy (non-hydrogen) atoms. The zero-order valence-electron chi connectivity index (χ0n) is 16.7. The molecule has 0 bridgehead atoms. The summed E-state index contributed by atoms with van der Waals surface area (Å²) in [5, 5.41) is 10.9. The maximum Gasteiger partial charge on any atom is -0.00958 e. The Bertz CT molecular complexity index is 1400. The molecule has 0 heteroatoms. The van der Waals surface area contributed by atoms with Gasteiger partial charge in [-0.05, 0) is 118 Å². The van der Waals surface area contributed by atoms with Crippen molar-refractivity contribution in [3.8, 4) is 0 Å². The second-order valence-corrected chi connectivity index (χ2v) is 8.16. The lowest BCUT2D eigenvalue weighted by Crippen LogP contribution is -1.91. The van der Waals surface area contributed by atoms with Gasteiger partial charge in [0, 0.05) is 0 Å². The summed E-state index contributed by atoms with van der Waals surface area (Å²) >= 11 is 0. The molecule has 0 amide bonds. The minimum absolute atomic E-state index is 1.33. The normalized spacial score (nSPS) is 11.9. The molecular weight excluding hydrogens is 324 g/mol. The van der Waals surface area contributed by atoms with E-state index in [0.717, 1.165) is 0 Å². The molecule has 5 aromatic carbocycles. The van der Waals surface area contributed by atoms with Crippen LogP contribution >= 0.6 is 0 Å². The van der Waals surface area contributed by atoms with Crippen LogP contribution in [-0.2, 0) is 0 Å². The van der Waals surface area contributed by atoms with Crippen molar-refractivity contribution >= 4 is 43.1 Å². The van der Waals surface area contributed by atoms with E-state index in [2.05, 4.69) is 89.2 Å². The van der Waals surface area contributed by atoms with Gasteiger partial charge >= 0.3 is 0 Å². The maximum atomic E-state index is 2.41. The van der Waals surface area contributed by atoms with Crippen LogP contribution in [0.15, 0.2) is 54.6 Å². The van der Waals surface area contributed by atoms with Gasteiger partial charge in [0.05, 0.1) is 0 Å². The van der Waals surface area contributed by atoms with Gasteiger partial charge in [-0.3, -0.25) is 0 Å². The highest BCUT2D eigenvalue weighted by Gasteiger charge is 2.12. The van der Waals surface area contributed by atoms with Crippen molar-refractivity contribution in [3.05, 3.63) is 82.4 Å². The van der Waals surface area contributed by atoms with E-state index in [1.807, 2.05) is 0 Å². The molecule has 0 aromatic heterocycles. The van der Waals surface area contributed by atoms with Crippen molar-refractivity contribution in [2.24, 2.45) is 0 Å². The number of hydrogen-bond donors (Lipinski definition) is 0. The highest BCUT2D eigenvalue weighted by atomic mass is 14.2. The largest absolute Gasteiger partial charge is 0.0614 e. The standard InChI is InChI=1S/C27H24/c1-15-9-17(3)22-14-27-25(19(5)24(22)10-15)11-18(4)23-13-21-16(2)7-6-8-20(21)12-26(23)27/h6-14H,1-5H3. The summed E-state index contributed by atoms with van der Waals surface area (Å²) in [6.45, 7) is 11.1. The van der Waals surface area contributed by atoms with Crippen molar-refractivity contribution in [3.63, 3.8) is 0 Å². The highest BCUT2D eigenvalue weighted by molar-refractivity contribution is 6.18. The van der Waals surface area contributed by atoms with E-state index < -0.39 is 0 Å². The minimum Gasteiger partial charge on any atom is -0.0614 e. The van der Waals surface area contributed by atoms with Crippen LogP contribution in [0, 0.1) is 34.6 Å². The van der Waals surface area contributed by atoms with E-state index in [-0.39, 0.29) is 0 Å². The summed E-state index contributed by atoms with van der Waals surface area (Å²) in [7, 11) is 0. The first-order chi connectivity index (χ1) is 12.9. The van der Waals surface area contributed by atoms with E-state index in [9.17, 15) is 0 Å². The van der Waals surface area contributed by atoms with Gasteiger partial charge in [-0.1, -0.05) is 42.0 Å². The zero-order chi connectivity index (χ0) is 18.9. The first-order valence-electron chi connectivity index (χ1n) is 9.71. The third kappa shape index (κ3) is 2.29. The van der Waals surface area contributed by atoms with Crippen LogP contribution in [0.5, 0.6) is 0 Å². The number of benzene rings is 5. The van der Waals surface area contributed by atoms with Gasteiger partial charge in [-0.25, -0.2) is 0 Å². The monoisotopic (exact) mass is 348 g/mol. The van der Waals surface area contributed by atoms with Crippen molar-refractivity contribution in [1.29, 1.82) is 0 Å². The molecule has 0 N–H and O–H groups in total. The highest BCUT2D eigenvalue weighted by Crippen LogP contribution is 2.38. The summed E-state index contributed by atoms with van der Waals surface area (Å²) in [4.78, 5) is 0. The fourth-order valence-corrected chi connectivity index (χ4v) is 4.78. The smallest absolute Gasteiger partial charge is 0.00958 e. The van der Waals surface area contributed by atoms with Crippen molar-refractivity contribution in [1.82, 2.24) is 0 Å². The van der Waals surface area contributed by atoms with Crippen LogP contribution in [0.4, 0.5) is 0 Å². The summed E-state index contributed by atoms with van der Waals surface area (Å²) < 4.78 is 0. The van der Waals surface area contributed by atoms with Crippen LogP contribution in [0.3, 0.4) is 0 Å². The van der Waals surface area contributed by atoms with Gasteiger partial charge in [0.25, 0.3) is 0 Å². The lowest BCUT2D eigenvalue weighted by atomic mass is 9.88. The Labute approximate surface area is 160 Å². The predicted molar refractivity (Wildman–Crippen MR) is 120 cm³/mol. The molecule has 132 valence electrons. The van der Waals surface area contributed by atoms with Crippen LogP contribution in [0.2, 0.25) is 0 Å². The Morgan fingerprint density at radius 2 is 1.07 bits per heavy atom. The molecule has 0 aliphatic heterocycles. The molecule has 0 atom stereocenters. The second-order valence-electron chi connectivity index (χ2n) is 8.16. The molecule has 0 heterocycles. The average molecular weight is 348 g/mol. The summed E-state index contributed by atoms with van der Waals surface area (Å²) in [6, 6.07) is 20.8. The van der Waals surface area contributed by atoms with E-state index in [1.165, 1.54) is 70.9 Å². The molecule has 0 saturated heterocycles. The molecule has 5 rings (SSSR count). The topological polar surface area (TPSA) is 0 Å². The fourth-order valence-electron chi connectivity index (χ4n) is 4.78. The number of hydrogen-bond acceptors (Lipinski definition) is 0. The minimum atomic E-state index is 1.33. The van der Waals surface area contributed by atoms with Crippen molar-refractivity contribution in [2.45, 2.75) is 34.6 Å². The third-order valence-corrected chi connectivity index (χ3v) is 6.23. The third-order valence-electron chi connectivity index (χ3n) is 6.23. The molecule has 0 spiro atoms. The second kappa shape index (κ2) is 5.57. The van der Waals surface area contributed by atoms with E-state index >= 15 is 0 Å². The molecule has 0 saturated carbocycles. The van der Waals surface area contributed by atoms with Gasteiger partial charge in [0.15, 0.2) is 0 Å². The molecule has 0 nitrogen and oxygen atoms in total. The summed E-state index contributed by atoms with van der Waals surface area (Å²) in [6.07, 6.45) is 0.